The summed E-state index contributed by atoms with van der Waals surface area (Å²) < 4.78 is 26.4. The van der Waals surface area contributed by atoms with Crippen LogP contribution in [0.1, 0.15) is 5.56 Å². The van der Waals surface area contributed by atoms with Crippen LogP contribution in [0.4, 0.5) is 4.79 Å². The second-order valence-electron chi connectivity index (χ2n) is 4.86. The van der Waals surface area contributed by atoms with Gasteiger partial charge in [0.05, 0.1) is 4.90 Å². The van der Waals surface area contributed by atoms with Crippen molar-refractivity contribution >= 4 is 16.1 Å². The zero-order valence-electron chi connectivity index (χ0n) is 11.9. The fourth-order valence-electron chi connectivity index (χ4n) is 2.17. The number of aryl methyl sites for hydroxylation is 1. The lowest BCUT2D eigenvalue weighted by molar-refractivity contribution is 0.175. The molecule has 1 heterocycles. The van der Waals surface area contributed by atoms with Crippen LogP contribution < -0.4 is 5.32 Å². The Kier molecular flexibility index (Phi) is 4.64. The first-order valence-corrected chi connectivity index (χ1v) is 8.12. The van der Waals surface area contributed by atoms with Gasteiger partial charge in [0.1, 0.15) is 0 Å². The smallest absolute Gasteiger partial charge is 0.321 e. The fraction of sp³-hybridized carbons (Fsp3) is 0.357. The second kappa shape index (κ2) is 6.28. The lowest BCUT2D eigenvalue weighted by Crippen LogP contribution is -2.52. The van der Waals surface area contributed by atoms with Crippen molar-refractivity contribution in [2.75, 3.05) is 26.2 Å². The van der Waals surface area contributed by atoms with Crippen LogP contribution in [-0.2, 0) is 10.0 Å². The number of amides is 2. The summed E-state index contributed by atoms with van der Waals surface area (Å²) in [5.41, 5.74) is 1.01. The van der Waals surface area contributed by atoms with Gasteiger partial charge in [0.2, 0.25) is 10.0 Å². The van der Waals surface area contributed by atoms with E-state index in [0.717, 1.165) is 5.56 Å². The molecule has 0 saturated carbocycles. The van der Waals surface area contributed by atoms with Gasteiger partial charge in [-0.3, -0.25) is 0 Å². The molecule has 0 spiro atoms. The van der Waals surface area contributed by atoms with E-state index >= 15 is 0 Å². The summed E-state index contributed by atoms with van der Waals surface area (Å²) in [7, 11) is -3.49. The van der Waals surface area contributed by atoms with Crippen molar-refractivity contribution in [2.24, 2.45) is 0 Å². The van der Waals surface area contributed by atoms with Gasteiger partial charge in [-0.05, 0) is 25.3 Å². The van der Waals surface area contributed by atoms with E-state index in [1.54, 1.807) is 29.2 Å². The third-order valence-electron chi connectivity index (χ3n) is 3.41. The van der Waals surface area contributed by atoms with Crippen LogP contribution in [0, 0.1) is 6.92 Å². The largest absolute Gasteiger partial charge is 0.322 e. The number of sulfonamides is 1. The van der Waals surface area contributed by atoms with E-state index in [-0.39, 0.29) is 10.9 Å². The van der Waals surface area contributed by atoms with Gasteiger partial charge in [0.25, 0.3) is 0 Å². The van der Waals surface area contributed by atoms with Gasteiger partial charge in [0, 0.05) is 26.2 Å². The maximum atomic E-state index is 12.5. The summed E-state index contributed by atoms with van der Waals surface area (Å²) in [6.07, 6.45) is 1.32. The van der Waals surface area contributed by atoms with Crippen molar-refractivity contribution in [1.82, 2.24) is 14.5 Å². The number of hydrogen-bond donors (Lipinski definition) is 1. The molecule has 7 heteroatoms. The predicted octanol–water partition coefficient (Wildman–Crippen LogP) is 1.15. The topological polar surface area (TPSA) is 69.7 Å². The van der Waals surface area contributed by atoms with Crippen LogP contribution >= 0.6 is 0 Å². The Morgan fingerprint density at radius 2 is 1.76 bits per heavy atom. The number of hydrogen-bond acceptors (Lipinski definition) is 3. The molecular weight excluding hydrogens is 290 g/mol. The lowest BCUT2D eigenvalue weighted by atomic mass is 10.2. The van der Waals surface area contributed by atoms with E-state index in [4.69, 9.17) is 0 Å². The molecule has 6 nitrogen and oxygen atoms in total. The standard InChI is InChI=1S/C14H19N3O3S/c1-3-15-14(18)16-8-10-17(11-9-16)21(19,20)13-6-4-12(2)5-7-13/h3-7H,1,8-11H2,2H3,(H,15,18). The minimum atomic E-state index is -3.49. The number of nitrogens with one attached hydrogen (secondary N) is 1. The number of rotatable bonds is 3. The molecule has 1 aromatic carbocycles. The Morgan fingerprint density at radius 1 is 1.19 bits per heavy atom. The Labute approximate surface area is 125 Å². The monoisotopic (exact) mass is 309 g/mol. The molecule has 0 aliphatic carbocycles. The highest BCUT2D eigenvalue weighted by Crippen LogP contribution is 2.18. The summed E-state index contributed by atoms with van der Waals surface area (Å²) >= 11 is 0. The van der Waals surface area contributed by atoms with Crippen LogP contribution in [-0.4, -0.2) is 49.8 Å². The average Bonchev–Trinajstić information content (AvgIpc) is 2.48. The molecule has 1 aliphatic rings. The van der Waals surface area contributed by atoms with E-state index in [1.165, 1.54) is 10.5 Å². The van der Waals surface area contributed by atoms with Crippen molar-refractivity contribution < 1.29 is 13.2 Å². The third kappa shape index (κ3) is 3.43. The van der Waals surface area contributed by atoms with Crippen LogP contribution in [0.25, 0.3) is 0 Å². The molecule has 21 heavy (non-hydrogen) atoms. The van der Waals surface area contributed by atoms with Crippen LogP contribution in [0.15, 0.2) is 41.9 Å². The first-order chi connectivity index (χ1) is 9.95. The molecule has 2 rings (SSSR count). The summed E-state index contributed by atoms with van der Waals surface area (Å²) in [6.45, 7) is 6.66. The van der Waals surface area contributed by atoms with E-state index < -0.39 is 10.0 Å². The van der Waals surface area contributed by atoms with E-state index in [9.17, 15) is 13.2 Å². The maximum absolute atomic E-state index is 12.5. The Balaban J connectivity index is 2.06. The molecule has 0 aromatic heterocycles. The van der Waals surface area contributed by atoms with Gasteiger partial charge in [-0.1, -0.05) is 24.3 Å². The highest BCUT2D eigenvalue weighted by molar-refractivity contribution is 7.89. The van der Waals surface area contributed by atoms with E-state index in [0.29, 0.717) is 26.2 Å². The van der Waals surface area contributed by atoms with Gasteiger partial charge in [-0.2, -0.15) is 4.31 Å². The molecular formula is C14H19N3O3S. The summed E-state index contributed by atoms with van der Waals surface area (Å²) in [5, 5.41) is 2.49. The highest BCUT2D eigenvalue weighted by Gasteiger charge is 2.29. The molecule has 0 radical (unpaired) electrons. The SMILES string of the molecule is C=CNC(=O)N1CCN(S(=O)(=O)c2ccc(C)cc2)CC1. The molecule has 0 unspecified atom stereocenters. The van der Waals surface area contributed by atoms with Gasteiger partial charge in [0.15, 0.2) is 0 Å². The minimum absolute atomic E-state index is 0.252. The number of carbonyl (C=O) groups is 1. The predicted molar refractivity (Wildman–Crippen MR) is 80.2 cm³/mol. The summed E-state index contributed by atoms with van der Waals surface area (Å²) in [4.78, 5) is 13.5. The molecule has 114 valence electrons. The van der Waals surface area contributed by atoms with Crippen LogP contribution in [0.2, 0.25) is 0 Å². The molecule has 0 bridgehead atoms. The highest BCUT2D eigenvalue weighted by atomic mass is 32.2. The quantitative estimate of drug-likeness (QED) is 0.911. The first-order valence-electron chi connectivity index (χ1n) is 6.68. The number of urea groups is 1. The maximum Gasteiger partial charge on any atom is 0.321 e. The summed E-state index contributed by atoms with van der Waals surface area (Å²) in [6, 6.07) is 6.53. The fourth-order valence-corrected chi connectivity index (χ4v) is 3.59. The van der Waals surface area contributed by atoms with Crippen molar-refractivity contribution in [3.05, 3.63) is 42.6 Å². The lowest BCUT2D eigenvalue weighted by Gasteiger charge is -2.33. The Bertz CT molecular complexity index is 617. The summed E-state index contributed by atoms with van der Waals surface area (Å²) in [5.74, 6) is 0. The zero-order chi connectivity index (χ0) is 15.5. The number of nitrogens with zero attached hydrogens (tertiary/aromatic N) is 2. The molecule has 1 aromatic rings. The third-order valence-corrected chi connectivity index (χ3v) is 5.32. The molecule has 1 N–H and O–H groups in total. The van der Waals surface area contributed by atoms with Crippen LogP contribution in [0.3, 0.4) is 0 Å². The van der Waals surface area contributed by atoms with Crippen molar-refractivity contribution in [3.8, 4) is 0 Å². The molecule has 1 fully saturated rings. The molecule has 1 saturated heterocycles. The van der Waals surface area contributed by atoms with Crippen molar-refractivity contribution in [1.29, 1.82) is 0 Å². The van der Waals surface area contributed by atoms with Crippen molar-refractivity contribution in [2.45, 2.75) is 11.8 Å². The first kappa shape index (κ1) is 15.5. The van der Waals surface area contributed by atoms with E-state index in [1.807, 2.05) is 6.92 Å². The second-order valence-corrected chi connectivity index (χ2v) is 6.80. The van der Waals surface area contributed by atoms with Gasteiger partial charge >= 0.3 is 6.03 Å². The van der Waals surface area contributed by atoms with Gasteiger partial charge < -0.3 is 10.2 Å². The molecule has 2 amide bonds. The molecule has 0 atom stereocenters. The van der Waals surface area contributed by atoms with Gasteiger partial charge in [-0.15, -0.1) is 0 Å². The van der Waals surface area contributed by atoms with E-state index in [2.05, 4.69) is 11.9 Å². The van der Waals surface area contributed by atoms with Crippen LogP contribution in [0.5, 0.6) is 0 Å². The Hall–Kier alpha value is -1.86. The number of carbonyl (C=O) groups excluding carboxylic acids is 1. The van der Waals surface area contributed by atoms with Gasteiger partial charge in [-0.25, -0.2) is 13.2 Å². The number of benzene rings is 1. The van der Waals surface area contributed by atoms with Crippen molar-refractivity contribution in [3.63, 3.8) is 0 Å². The Morgan fingerprint density at radius 3 is 2.29 bits per heavy atom. The number of piperazine rings is 1. The normalized spacial score (nSPS) is 16.5. The molecule has 1 aliphatic heterocycles. The minimum Gasteiger partial charge on any atom is -0.322 e. The zero-order valence-corrected chi connectivity index (χ0v) is 12.8. The average molecular weight is 309 g/mol.